The van der Waals surface area contributed by atoms with Crippen LogP contribution < -0.4 is 10.1 Å². The highest BCUT2D eigenvalue weighted by Gasteiger charge is 2.05. The van der Waals surface area contributed by atoms with Crippen molar-refractivity contribution in [1.82, 2.24) is 5.32 Å². The molecule has 0 radical (unpaired) electrons. The van der Waals surface area contributed by atoms with Crippen molar-refractivity contribution in [2.75, 3.05) is 6.54 Å². The molecular weight excluding hydrogens is 302 g/mol. The molecule has 0 bridgehead atoms. The van der Waals surface area contributed by atoms with Gasteiger partial charge in [-0.15, -0.1) is 11.3 Å². The monoisotopic (exact) mass is 323 g/mol. The lowest BCUT2D eigenvalue weighted by Gasteiger charge is -2.09. The third kappa shape index (κ3) is 4.73. The van der Waals surface area contributed by atoms with Crippen molar-refractivity contribution in [3.8, 4) is 5.75 Å². The molecule has 0 unspecified atom stereocenters. The molecule has 0 atom stereocenters. The second-order valence-corrected chi connectivity index (χ2v) is 6.84. The average Bonchev–Trinajstić information content (AvgIpc) is 2.90. The minimum atomic E-state index is 0.610. The van der Waals surface area contributed by atoms with Crippen molar-refractivity contribution in [2.24, 2.45) is 0 Å². The van der Waals surface area contributed by atoms with Gasteiger partial charge in [-0.3, -0.25) is 0 Å². The van der Waals surface area contributed by atoms with Crippen molar-refractivity contribution in [1.29, 1.82) is 0 Å². The molecule has 0 saturated carbocycles. The maximum absolute atomic E-state index is 6.17. The number of nitrogens with one attached hydrogen (secondary N) is 1. The van der Waals surface area contributed by atoms with E-state index >= 15 is 0 Å². The maximum atomic E-state index is 6.17. The Morgan fingerprint density at radius 1 is 1.14 bits per heavy atom. The third-order valence-corrected chi connectivity index (χ3v) is 4.89. The van der Waals surface area contributed by atoms with Gasteiger partial charge in [0.25, 0.3) is 0 Å². The molecule has 1 aromatic carbocycles. The summed E-state index contributed by atoms with van der Waals surface area (Å²) in [5.41, 5.74) is 2.12. The molecule has 2 rings (SSSR count). The van der Waals surface area contributed by atoms with Gasteiger partial charge < -0.3 is 10.1 Å². The van der Waals surface area contributed by atoms with Gasteiger partial charge in [-0.05, 0) is 62.2 Å². The van der Waals surface area contributed by atoms with Crippen LogP contribution in [0.3, 0.4) is 0 Å². The average molecular weight is 324 g/mol. The fourth-order valence-electron chi connectivity index (χ4n) is 2.13. The summed E-state index contributed by atoms with van der Waals surface area (Å²) in [6.45, 7) is 8.80. The molecule has 0 spiro atoms. The molecule has 114 valence electrons. The predicted octanol–water partition coefficient (Wildman–Crippen LogP) is 5.10. The van der Waals surface area contributed by atoms with Crippen LogP contribution in [-0.2, 0) is 13.2 Å². The number of rotatable bonds is 7. The van der Waals surface area contributed by atoms with Gasteiger partial charge in [-0.25, -0.2) is 0 Å². The summed E-state index contributed by atoms with van der Waals surface area (Å²) in [5.74, 6) is 0.883. The van der Waals surface area contributed by atoms with Crippen LogP contribution in [0, 0.1) is 13.8 Å². The smallest absolute Gasteiger partial charge is 0.122 e. The number of hydrogen-bond acceptors (Lipinski definition) is 3. The second-order valence-electron chi connectivity index (χ2n) is 5.20. The van der Waals surface area contributed by atoms with Crippen LogP contribution in [0.2, 0.25) is 5.02 Å². The summed E-state index contributed by atoms with van der Waals surface area (Å²) in [7, 11) is 0. The Kier molecular flexibility index (Phi) is 6.09. The number of aryl methyl sites for hydroxylation is 2. The first-order valence-electron chi connectivity index (χ1n) is 7.28. The Labute approximate surface area is 136 Å². The van der Waals surface area contributed by atoms with Crippen molar-refractivity contribution < 1.29 is 4.74 Å². The number of benzene rings is 1. The minimum Gasteiger partial charge on any atom is -0.488 e. The van der Waals surface area contributed by atoms with Crippen molar-refractivity contribution in [3.05, 3.63) is 50.2 Å². The Morgan fingerprint density at radius 3 is 2.48 bits per heavy atom. The normalized spacial score (nSPS) is 10.9. The van der Waals surface area contributed by atoms with E-state index in [0.717, 1.165) is 41.4 Å². The lowest BCUT2D eigenvalue weighted by molar-refractivity contribution is 0.309. The molecule has 0 aliphatic carbocycles. The van der Waals surface area contributed by atoms with E-state index in [2.05, 4.69) is 24.4 Å². The minimum absolute atomic E-state index is 0.610. The van der Waals surface area contributed by atoms with E-state index in [0.29, 0.717) is 6.61 Å². The summed E-state index contributed by atoms with van der Waals surface area (Å²) in [6, 6.07) is 8.30. The first-order chi connectivity index (χ1) is 10.1. The van der Waals surface area contributed by atoms with Crippen LogP contribution in [0.5, 0.6) is 5.75 Å². The lowest BCUT2D eigenvalue weighted by atomic mass is 10.1. The molecule has 4 heteroatoms. The molecule has 2 aromatic rings. The van der Waals surface area contributed by atoms with Crippen LogP contribution >= 0.6 is 22.9 Å². The van der Waals surface area contributed by atoms with Gasteiger partial charge in [0.1, 0.15) is 12.4 Å². The van der Waals surface area contributed by atoms with E-state index in [-0.39, 0.29) is 0 Å². The maximum Gasteiger partial charge on any atom is 0.122 e. The summed E-state index contributed by atoms with van der Waals surface area (Å²) in [4.78, 5) is 2.60. The molecule has 1 aromatic heterocycles. The highest BCUT2D eigenvalue weighted by Crippen LogP contribution is 2.27. The molecule has 0 fully saturated rings. The van der Waals surface area contributed by atoms with E-state index in [4.69, 9.17) is 16.3 Å². The molecular formula is C17H22ClNOS. The van der Waals surface area contributed by atoms with E-state index in [1.807, 2.05) is 26.0 Å². The Morgan fingerprint density at radius 2 is 1.81 bits per heavy atom. The molecule has 1 heterocycles. The quantitative estimate of drug-likeness (QED) is 0.716. The van der Waals surface area contributed by atoms with E-state index in [1.165, 1.54) is 9.75 Å². The summed E-state index contributed by atoms with van der Waals surface area (Å²) in [5, 5.41) is 4.24. The largest absolute Gasteiger partial charge is 0.488 e. The van der Waals surface area contributed by atoms with Gasteiger partial charge in [0, 0.05) is 21.3 Å². The second kappa shape index (κ2) is 7.83. The standard InChI is InChI=1S/C17H22ClNOS/c1-4-7-19-10-15-5-6-16(21-15)11-20-14-8-12(2)17(18)13(3)9-14/h5-6,8-9,19H,4,7,10-11H2,1-3H3. The zero-order chi connectivity index (χ0) is 15.2. The van der Waals surface area contributed by atoms with Gasteiger partial charge in [0.2, 0.25) is 0 Å². The van der Waals surface area contributed by atoms with Gasteiger partial charge in [0.05, 0.1) is 0 Å². The van der Waals surface area contributed by atoms with Crippen LogP contribution in [0.1, 0.15) is 34.2 Å². The van der Waals surface area contributed by atoms with Crippen LogP contribution in [0.4, 0.5) is 0 Å². The highest BCUT2D eigenvalue weighted by atomic mass is 35.5. The topological polar surface area (TPSA) is 21.3 Å². The van der Waals surface area contributed by atoms with Crippen molar-refractivity contribution in [2.45, 2.75) is 40.3 Å². The van der Waals surface area contributed by atoms with Crippen molar-refractivity contribution in [3.63, 3.8) is 0 Å². The molecule has 2 nitrogen and oxygen atoms in total. The number of hydrogen-bond donors (Lipinski definition) is 1. The van der Waals surface area contributed by atoms with Gasteiger partial charge in [0.15, 0.2) is 0 Å². The molecule has 0 aliphatic heterocycles. The highest BCUT2D eigenvalue weighted by molar-refractivity contribution is 7.11. The van der Waals surface area contributed by atoms with Crippen molar-refractivity contribution >= 4 is 22.9 Å². The first kappa shape index (κ1) is 16.3. The Hall–Kier alpha value is -1.03. The number of ether oxygens (including phenoxy) is 1. The van der Waals surface area contributed by atoms with E-state index in [1.54, 1.807) is 11.3 Å². The molecule has 0 saturated heterocycles. The Balaban J connectivity index is 1.91. The predicted molar refractivity (Wildman–Crippen MR) is 91.6 cm³/mol. The zero-order valence-electron chi connectivity index (χ0n) is 12.8. The third-order valence-electron chi connectivity index (χ3n) is 3.23. The zero-order valence-corrected chi connectivity index (χ0v) is 14.4. The molecule has 1 N–H and O–H groups in total. The van der Waals surface area contributed by atoms with Gasteiger partial charge >= 0.3 is 0 Å². The molecule has 0 aliphatic rings. The Bertz CT molecular complexity index is 571. The number of halogens is 1. The number of thiophene rings is 1. The van der Waals surface area contributed by atoms with E-state index < -0.39 is 0 Å². The fraction of sp³-hybridized carbons (Fsp3) is 0.412. The lowest BCUT2D eigenvalue weighted by Crippen LogP contribution is -2.12. The SMILES string of the molecule is CCCNCc1ccc(COc2cc(C)c(Cl)c(C)c2)s1. The van der Waals surface area contributed by atoms with Crippen LogP contribution in [0.15, 0.2) is 24.3 Å². The van der Waals surface area contributed by atoms with Gasteiger partial charge in [-0.1, -0.05) is 18.5 Å². The molecule has 0 amide bonds. The summed E-state index contributed by atoms with van der Waals surface area (Å²) >= 11 is 7.97. The first-order valence-corrected chi connectivity index (χ1v) is 8.47. The van der Waals surface area contributed by atoms with E-state index in [9.17, 15) is 0 Å². The van der Waals surface area contributed by atoms with Crippen LogP contribution in [-0.4, -0.2) is 6.54 Å². The fourth-order valence-corrected chi connectivity index (χ4v) is 3.14. The molecule has 21 heavy (non-hydrogen) atoms. The summed E-state index contributed by atoms with van der Waals surface area (Å²) in [6.07, 6.45) is 1.16. The van der Waals surface area contributed by atoms with Gasteiger partial charge in [-0.2, -0.15) is 0 Å². The van der Waals surface area contributed by atoms with Crippen LogP contribution in [0.25, 0.3) is 0 Å². The summed E-state index contributed by atoms with van der Waals surface area (Å²) < 4.78 is 5.88.